The molecule has 1 aliphatic heterocycles. The zero-order valence-electron chi connectivity index (χ0n) is 20.0. The van der Waals surface area contributed by atoms with Crippen molar-refractivity contribution >= 4 is 39.7 Å². The Morgan fingerprint density at radius 1 is 1.09 bits per heavy atom. The van der Waals surface area contributed by atoms with Gasteiger partial charge in [-0.15, -0.1) is 11.3 Å². The van der Waals surface area contributed by atoms with Crippen molar-refractivity contribution in [3.8, 4) is 11.5 Å². The maximum Gasteiger partial charge on any atom is 0.257 e. The van der Waals surface area contributed by atoms with Crippen LogP contribution in [0.1, 0.15) is 52.7 Å². The van der Waals surface area contributed by atoms with E-state index in [9.17, 15) is 9.59 Å². The van der Waals surface area contributed by atoms with E-state index in [1.54, 1.807) is 18.2 Å². The largest absolute Gasteiger partial charge is 0.454 e. The van der Waals surface area contributed by atoms with E-state index in [0.29, 0.717) is 28.6 Å². The van der Waals surface area contributed by atoms with Crippen molar-refractivity contribution in [1.82, 2.24) is 4.98 Å². The van der Waals surface area contributed by atoms with E-state index in [-0.39, 0.29) is 24.5 Å². The van der Waals surface area contributed by atoms with Gasteiger partial charge in [0, 0.05) is 34.9 Å². The SMILES string of the molecule is CCN(CC)c1ccc(NC(=O)C2CCc3sc(NC(=O)c4ccc5c(c4)OCO5)nc32)c(C)c1. The number of carbonyl (C=O) groups is 2. The molecule has 8 nitrogen and oxygen atoms in total. The third kappa shape index (κ3) is 4.55. The fourth-order valence-electron chi connectivity index (χ4n) is 4.54. The number of amides is 2. The Morgan fingerprint density at radius 2 is 1.89 bits per heavy atom. The number of ether oxygens (including phenoxy) is 2. The molecule has 2 heterocycles. The molecule has 0 fully saturated rings. The molecule has 9 heteroatoms. The molecule has 0 saturated carbocycles. The lowest BCUT2D eigenvalue weighted by molar-refractivity contribution is -0.117. The fraction of sp³-hybridized carbons (Fsp3) is 0.346. The molecular weight excluding hydrogens is 464 g/mol. The number of hydrogen-bond donors (Lipinski definition) is 2. The first-order valence-electron chi connectivity index (χ1n) is 11.8. The van der Waals surface area contributed by atoms with E-state index in [2.05, 4.69) is 40.4 Å². The van der Waals surface area contributed by atoms with Crippen molar-refractivity contribution in [3.63, 3.8) is 0 Å². The summed E-state index contributed by atoms with van der Waals surface area (Å²) in [5.41, 5.74) is 4.20. The predicted molar refractivity (Wildman–Crippen MR) is 137 cm³/mol. The number of aryl methyl sites for hydroxylation is 2. The summed E-state index contributed by atoms with van der Waals surface area (Å²) in [5, 5.41) is 6.45. The predicted octanol–water partition coefficient (Wildman–Crippen LogP) is 4.95. The van der Waals surface area contributed by atoms with Gasteiger partial charge in [0.1, 0.15) is 0 Å². The van der Waals surface area contributed by atoms with Crippen LogP contribution in [0.3, 0.4) is 0 Å². The molecule has 5 rings (SSSR count). The van der Waals surface area contributed by atoms with Gasteiger partial charge in [-0.1, -0.05) is 0 Å². The highest BCUT2D eigenvalue weighted by Gasteiger charge is 2.33. The lowest BCUT2D eigenvalue weighted by atomic mass is 10.1. The number of benzene rings is 2. The molecule has 2 aliphatic rings. The summed E-state index contributed by atoms with van der Waals surface area (Å²) in [6.45, 7) is 8.30. The van der Waals surface area contributed by atoms with E-state index in [1.165, 1.54) is 11.3 Å². The maximum atomic E-state index is 13.2. The molecule has 35 heavy (non-hydrogen) atoms. The van der Waals surface area contributed by atoms with Crippen LogP contribution in [0.25, 0.3) is 0 Å². The van der Waals surface area contributed by atoms with Crippen LogP contribution in [-0.4, -0.2) is 36.7 Å². The lowest BCUT2D eigenvalue weighted by Crippen LogP contribution is -2.23. The average molecular weight is 493 g/mol. The minimum absolute atomic E-state index is 0.0682. The summed E-state index contributed by atoms with van der Waals surface area (Å²) in [5.74, 6) is 0.499. The van der Waals surface area contributed by atoms with Gasteiger partial charge in [0.15, 0.2) is 16.6 Å². The Bertz CT molecular complexity index is 1280. The van der Waals surface area contributed by atoms with Crippen LogP contribution in [-0.2, 0) is 11.2 Å². The van der Waals surface area contributed by atoms with Gasteiger partial charge in [0.05, 0.1) is 11.6 Å². The van der Waals surface area contributed by atoms with Crippen molar-refractivity contribution in [2.75, 3.05) is 35.4 Å². The Hall–Kier alpha value is -3.59. The first-order chi connectivity index (χ1) is 17.0. The number of anilines is 3. The number of carbonyl (C=O) groups excluding carboxylic acids is 2. The molecular formula is C26H28N4O4S. The minimum Gasteiger partial charge on any atom is -0.454 e. The third-order valence-corrected chi connectivity index (χ3v) is 7.53. The number of thiazole rings is 1. The number of fused-ring (bicyclic) bond motifs is 2. The summed E-state index contributed by atoms with van der Waals surface area (Å²) < 4.78 is 10.7. The third-order valence-electron chi connectivity index (χ3n) is 6.49. The van der Waals surface area contributed by atoms with Gasteiger partial charge in [-0.25, -0.2) is 4.98 Å². The highest BCUT2D eigenvalue weighted by molar-refractivity contribution is 7.16. The molecule has 0 bridgehead atoms. The first kappa shape index (κ1) is 23.2. The average Bonchev–Trinajstić information content (AvgIpc) is 3.56. The van der Waals surface area contributed by atoms with Gasteiger partial charge in [-0.05, 0) is 75.6 Å². The highest BCUT2D eigenvalue weighted by atomic mass is 32.1. The Kier molecular flexibility index (Phi) is 6.34. The van der Waals surface area contributed by atoms with Gasteiger partial charge >= 0.3 is 0 Å². The molecule has 1 atom stereocenters. The van der Waals surface area contributed by atoms with Crippen molar-refractivity contribution in [1.29, 1.82) is 0 Å². The Balaban J connectivity index is 1.27. The van der Waals surface area contributed by atoms with Crippen LogP contribution in [0.5, 0.6) is 11.5 Å². The molecule has 0 radical (unpaired) electrons. The van der Waals surface area contributed by atoms with Crippen LogP contribution >= 0.6 is 11.3 Å². The van der Waals surface area contributed by atoms with Crippen molar-refractivity contribution in [2.24, 2.45) is 0 Å². The normalized spacial score (nSPS) is 15.6. The van der Waals surface area contributed by atoms with E-state index >= 15 is 0 Å². The zero-order chi connectivity index (χ0) is 24.5. The number of nitrogens with one attached hydrogen (secondary N) is 2. The summed E-state index contributed by atoms with van der Waals surface area (Å²) in [7, 11) is 0. The van der Waals surface area contributed by atoms with Gasteiger partial charge < -0.3 is 19.7 Å². The molecule has 0 saturated heterocycles. The monoisotopic (exact) mass is 492 g/mol. The van der Waals surface area contributed by atoms with Crippen LogP contribution in [0.15, 0.2) is 36.4 Å². The van der Waals surface area contributed by atoms with Crippen molar-refractivity contribution in [2.45, 2.75) is 39.5 Å². The molecule has 1 aromatic heterocycles. The van der Waals surface area contributed by atoms with Gasteiger partial charge in [0.2, 0.25) is 12.7 Å². The van der Waals surface area contributed by atoms with Crippen LogP contribution in [0.4, 0.5) is 16.5 Å². The Morgan fingerprint density at radius 3 is 2.66 bits per heavy atom. The molecule has 3 aromatic rings. The second-order valence-corrected chi connectivity index (χ2v) is 9.69. The standard InChI is InChI=1S/C26H28N4O4S/c1-4-30(5-2)17-7-9-19(15(3)12-17)27-25(32)18-8-11-22-23(18)28-26(35-22)29-24(31)16-6-10-20-21(13-16)34-14-33-20/h6-7,9-10,12-13,18H,4-5,8,11,14H2,1-3H3,(H,27,32)(H,28,29,31). The Labute approximate surface area is 208 Å². The minimum atomic E-state index is -0.334. The first-order valence-corrected chi connectivity index (χ1v) is 12.7. The van der Waals surface area contributed by atoms with Gasteiger partial charge in [0.25, 0.3) is 5.91 Å². The smallest absolute Gasteiger partial charge is 0.257 e. The zero-order valence-corrected chi connectivity index (χ0v) is 20.8. The fourth-order valence-corrected chi connectivity index (χ4v) is 5.57. The quantitative estimate of drug-likeness (QED) is 0.485. The van der Waals surface area contributed by atoms with E-state index in [1.807, 2.05) is 19.1 Å². The van der Waals surface area contributed by atoms with Gasteiger partial charge in [-0.2, -0.15) is 0 Å². The molecule has 2 N–H and O–H groups in total. The molecule has 0 spiro atoms. The summed E-state index contributed by atoms with van der Waals surface area (Å²) >= 11 is 1.43. The number of rotatable bonds is 7. The second-order valence-electron chi connectivity index (χ2n) is 8.60. The number of hydrogen-bond acceptors (Lipinski definition) is 7. The lowest BCUT2D eigenvalue weighted by Gasteiger charge is -2.22. The maximum absolute atomic E-state index is 13.2. The van der Waals surface area contributed by atoms with Crippen LogP contribution in [0, 0.1) is 6.92 Å². The van der Waals surface area contributed by atoms with E-state index < -0.39 is 0 Å². The topological polar surface area (TPSA) is 92.8 Å². The summed E-state index contributed by atoms with van der Waals surface area (Å²) in [6, 6.07) is 11.2. The number of aromatic nitrogens is 1. The van der Waals surface area contributed by atoms with E-state index in [4.69, 9.17) is 9.47 Å². The molecule has 1 unspecified atom stereocenters. The van der Waals surface area contributed by atoms with Crippen LogP contribution < -0.4 is 25.0 Å². The molecule has 1 aliphatic carbocycles. The van der Waals surface area contributed by atoms with Crippen molar-refractivity contribution < 1.29 is 19.1 Å². The molecule has 2 amide bonds. The van der Waals surface area contributed by atoms with E-state index in [0.717, 1.165) is 47.0 Å². The summed E-state index contributed by atoms with van der Waals surface area (Å²) in [6.07, 6.45) is 1.48. The van der Waals surface area contributed by atoms with Crippen LogP contribution in [0.2, 0.25) is 0 Å². The summed E-state index contributed by atoms with van der Waals surface area (Å²) in [4.78, 5) is 33.8. The highest BCUT2D eigenvalue weighted by Crippen LogP contribution is 2.39. The van der Waals surface area contributed by atoms with Gasteiger partial charge in [-0.3, -0.25) is 14.9 Å². The van der Waals surface area contributed by atoms with Crippen molar-refractivity contribution in [3.05, 3.63) is 58.1 Å². The second kappa shape index (κ2) is 9.58. The number of nitrogens with zero attached hydrogens (tertiary/aromatic N) is 2. The molecule has 2 aromatic carbocycles. The molecule has 182 valence electrons.